The molecule has 2 aromatic rings. The third-order valence-corrected chi connectivity index (χ3v) is 5.87. The van der Waals surface area contributed by atoms with Gasteiger partial charge in [0.1, 0.15) is 11.9 Å². The van der Waals surface area contributed by atoms with E-state index in [0.29, 0.717) is 17.1 Å². The SMILES string of the molecule is C[C@H](NC(=O)C(C)(C)N1CC[C@@H](Oc2cccc(Cl)c2)C1)c1ccc(C(N)=O)cc1.Cl. The van der Waals surface area contributed by atoms with Crippen molar-refractivity contribution < 1.29 is 14.3 Å². The van der Waals surface area contributed by atoms with Crippen LogP contribution in [0.4, 0.5) is 0 Å². The molecule has 8 heteroatoms. The van der Waals surface area contributed by atoms with E-state index in [1.807, 2.05) is 51.1 Å². The summed E-state index contributed by atoms with van der Waals surface area (Å²) in [6.45, 7) is 7.20. The second-order valence-electron chi connectivity index (χ2n) is 8.17. The highest BCUT2D eigenvalue weighted by molar-refractivity contribution is 6.30. The van der Waals surface area contributed by atoms with Crippen LogP contribution in [0, 0.1) is 0 Å². The fraction of sp³-hybridized carbons (Fsp3) is 0.391. The van der Waals surface area contributed by atoms with E-state index in [9.17, 15) is 9.59 Å². The highest BCUT2D eigenvalue weighted by Gasteiger charge is 2.40. The van der Waals surface area contributed by atoms with Crippen molar-refractivity contribution in [3.05, 3.63) is 64.7 Å². The molecule has 0 spiro atoms. The van der Waals surface area contributed by atoms with Crippen molar-refractivity contribution in [1.82, 2.24) is 10.2 Å². The number of hydrogen-bond acceptors (Lipinski definition) is 4. The minimum Gasteiger partial charge on any atom is -0.489 e. The van der Waals surface area contributed by atoms with Gasteiger partial charge < -0.3 is 15.8 Å². The van der Waals surface area contributed by atoms with Crippen LogP contribution < -0.4 is 15.8 Å². The first kappa shape index (κ1) is 25.0. The Bertz CT molecular complexity index is 919. The first-order chi connectivity index (χ1) is 14.2. The zero-order valence-corrected chi connectivity index (χ0v) is 19.5. The number of nitrogens with one attached hydrogen (secondary N) is 1. The molecule has 168 valence electrons. The smallest absolute Gasteiger partial charge is 0.248 e. The summed E-state index contributed by atoms with van der Waals surface area (Å²) in [4.78, 5) is 26.4. The molecule has 2 aromatic carbocycles. The molecule has 1 heterocycles. The first-order valence-corrected chi connectivity index (χ1v) is 10.4. The number of rotatable bonds is 7. The van der Waals surface area contributed by atoms with Gasteiger partial charge in [-0.15, -0.1) is 12.4 Å². The average Bonchev–Trinajstić information content (AvgIpc) is 3.17. The number of benzene rings is 2. The number of nitrogens with zero attached hydrogens (tertiary/aromatic N) is 1. The average molecular weight is 466 g/mol. The minimum atomic E-state index is -0.687. The van der Waals surface area contributed by atoms with Crippen LogP contribution >= 0.6 is 24.0 Å². The molecule has 0 unspecified atom stereocenters. The van der Waals surface area contributed by atoms with Crippen molar-refractivity contribution in [3.63, 3.8) is 0 Å². The van der Waals surface area contributed by atoms with E-state index < -0.39 is 11.4 Å². The standard InChI is InChI=1S/C23H28ClN3O3.ClH/c1-15(16-7-9-17(10-8-16)21(25)28)26-22(29)23(2,3)27-12-11-20(14-27)30-19-6-4-5-18(24)13-19;/h4-10,13,15,20H,11-12,14H2,1-3H3,(H2,25,28)(H,26,29);1H/t15-,20+;/m0./s1. The van der Waals surface area contributed by atoms with Crippen LogP contribution in [0.25, 0.3) is 0 Å². The van der Waals surface area contributed by atoms with Gasteiger partial charge in [0.05, 0.1) is 11.6 Å². The van der Waals surface area contributed by atoms with Crippen molar-refractivity contribution in [1.29, 1.82) is 0 Å². The van der Waals surface area contributed by atoms with E-state index in [4.69, 9.17) is 22.1 Å². The van der Waals surface area contributed by atoms with Crippen LogP contribution in [0.15, 0.2) is 48.5 Å². The van der Waals surface area contributed by atoms with Gasteiger partial charge in [-0.25, -0.2) is 0 Å². The lowest BCUT2D eigenvalue weighted by Gasteiger charge is -2.35. The van der Waals surface area contributed by atoms with E-state index in [-0.39, 0.29) is 30.5 Å². The van der Waals surface area contributed by atoms with Crippen molar-refractivity contribution in [3.8, 4) is 5.75 Å². The van der Waals surface area contributed by atoms with Gasteiger partial charge in [0.2, 0.25) is 11.8 Å². The summed E-state index contributed by atoms with van der Waals surface area (Å²) in [7, 11) is 0. The van der Waals surface area contributed by atoms with Crippen LogP contribution in [0.1, 0.15) is 49.2 Å². The van der Waals surface area contributed by atoms with Crippen molar-refractivity contribution in [2.75, 3.05) is 13.1 Å². The Balaban J connectivity index is 0.00000341. The maximum Gasteiger partial charge on any atom is 0.248 e. The normalized spacial score (nSPS) is 17.5. The Labute approximate surface area is 194 Å². The second-order valence-corrected chi connectivity index (χ2v) is 8.61. The van der Waals surface area contributed by atoms with Crippen LogP contribution in [0.5, 0.6) is 5.75 Å². The van der Waals surface area contributed by atoms with Gasteiger partial charge >= 0.3 is 0 Å². The summed E-state index contributed by atoms with van der Waals surface area (Å²) in [5.74, 6) is 0.213. The molecule has 0 saturated carbocycles. The lowest BCUT2D eigenvalue weighted by molar-refractivity contribution is -0.132. The lowest BCUT2D eigenvalue weighted by Crippen LogP contribution is -2.54. The largest absolute Gasteiger partial charge is 0.489 e. The van der Waals surface area contributed by atoms with Gasteiger partial charge in [-0.1, -0.05) is 29.8 Å². The minimum absolute atomic E-state index is 0. The summed E-state index contributed by atoms with van der Waals surface area (Å²) >= 11 is 6.03. The zero-order chi connectivity index (χ0) is 21.9. The van der Waals surface area contributed by atoms with Gasteiger partial charge in [0, 0.05) is 23.7 Å². The molecule has 6 nitrogen and oxygen atoms in total. The fourth-order valence-corrected chi connectivity index (χ4v) is 3.78. The number of ether oxygens (including phenoxy) is 1. The second kappa shape index (κ2) is 10.4. The molecule has 1 aliphatic rings. The van der Waals surface area contributed by atoms with Crippen molar-refractivity contribution in [2.45, 2.75) is 44.9 Å². The number of hydrogen-bond donors (Lipinski definition) is 2. The van der Waals surface area contributed by atoms with E-state index in [1.165, 1.54) is 0 Å². The van der Waals surface area contributed by atoms with Crippen LogP contribution in [0.3, 0.4) is 0 Å². The third-order valence-electron chi connectivity index (χ3n) is 5.63. The summed E-state index contributed by atoms with van der Waals surface area (Å²) < 4.78 is 6.05. The van der Waals surface area contributed by atoms with E-state index in [2.05, 4.69) is 10.2 Å². The summed E-state index contributed by atoms with van der Waals surface area (Å²) in [5, 5.41) is 3.72. The molecule has 3 N–H and O–H groups in total. The van der Waals surface area contributed by atoms with E-state index >= 15 is 0 Å². The zero-order valence-electron chi connectivity index (χ0n) is 17.9. The van der Waals surface area contributed by atoms with E-state index in [0.717, 1.165) is 24.3 Å². The predicted octanol–water partition coefficient (Wildman–Crippen LogP) is 3.97. The van der Waals surface area contributed by atoms with Gasteiger partial charge in [-0.05, 0) is 63.1 Å². The Kier molecular flexibility index (Phi) is 8.34. The van der Waals surface area contributed by atoms with Gasteiger partial charge in [0.15, 0.2) is 0 Å². The number of carbonyl (C=O) groups is 2. The lowest BCUT2D eigenvalue weighted by atomic mass is 10.00. The quantitative estimate of drug-likeness (QED) is 0.647. The van der Waals surface area contributed by atoms with E-state index in [1.54, 1.807) is 18.2 Å². The Morgan fingerprint density at radius 3 is 2.52 bits per heavy atom. The maximum absolute atomic E-state index is 13.0. The number of halogens is 2. The van der Waals surface area contributed by atoms with Crippen molar-refractivity contribution >= 4 is 35.8 Å². The molecule has 31 heavy (non-hydrogen) atoms. The third kappa shape index (κ3) is 6.12. The highest BCUT2D eigenvalue weighted by atomic mass is 35.5. The number of carbonyl (C=O) groups excluding carboxylic acids is 2. The number of likely N-dealkylation sites (tertiary alicyclic amines) is 1. The molecule has 1 aliphatic heterocycles. The number of nitrogens with two attached hydrogens (primary N) is 1. The molecule has 0 radical (unpaired) electrons. The number of primary amides is 1. The molecule has 0 aromatic heterocycles. The van der Waals surface area contributed by atoms with Crippen LogP contribution in [-0.4, -0.2) is 41.4 Å². The Morgan fingerprint density at radius 2 is 1.90 bits per heavy atom. The molecule has 1 fully saturated rings. The van der Waals surface area contributed by atoms with Gasteiger partial charge in [-0.2, -0.15) is 0 Å². The highest BCUT2D eigenvalue weighted by Crippen LogP contribution is 2.27. The molecule has 2 amide bonds. The maximum atomic E-state index is 13.0. The molecule has 3 rings (SSSR count). The molecule has 1 saturated heterocycles. The number of amides is 2. The molecule has 2 atom stereocenters. The van der Waals surface area contributed by atoms with Crippen LogP contribution in [0.2, 0.25) is 5.02 Å². The molecular formula is C23H29Cl2N3O3. The summed E-state index contributed by atoms with van der Waals surface area (Å²) in [6.07, 6.45) is 0.849. The first-order valence-electron chi connectivity index (χ1n) is 10.0. The van der Waals surface area contributed by atoms with Crippen molar-refractivity contribution in [2.24, 2.45) is 5.73 Å². The Morgan fingerprint density at radius 1 is 1.23 bits per heavy atom. The Hall–Kier alpha value is -2.28. The van der Waals surface area contributed by atoms with Gasteiger partial charge in [0.25, 0.3) is 0 Å². The molecular weight excluding hydrogens is 437 g/mol. The topological polar surface area (TPSA) is 84.7 Å². The monoisotopic (exact) mass is 465 g/mol. The molecule has 0 bridgehead atoms. The van der Waals surface area contributed by atoms with Gasteiger partial charge in [-0.3, -0.25) is 14.5 Å². The fourth-order valence-electron chi connectivity index (χ4n) is 3.60. The van der Waals surface area contributed by atoms with Crippen LogP contribution in [-0.2, 0) is 4.79 Å². The predicted molar refractivity (Wildman–Crippen MR) is 125 cm³/mol. The summed E-state index contributed by atoms with van der Waals surface area (Å²) in [5.41, 5.74) is 5.95. The summed E-state index contributed by atoms with van der Waals surface area (Å²) in [6, 6.07) is 14.1. The molecule has 0 aliphatic carbocycles.